The van der Waals surface area contributed by atoms with E-state index in [0.29, 0.717) is 0 Å². The summed E-state index contributed by atoms with van der Waals surface area (Å²) in [5.41, 5.74) is 1.19. The van der Waals surface area contributed by atoms with Crippen LogP contribution in [-0.4, -0.2) is 19.6 Å². The minimum Gasteiger partial charge on any atom is -0.466 e. The number of aryl methyl sites for hydroxylation is 2. The molecule has 0 aliphatic rings. The van der Waals surface area contributed by atoms with E-state index >= 15 is 0 Å². The maximum Gasteiger partial charge on any atom is 0.191 e. The number of nitrogens with one attached hydrogen (secondary N) is 2. The van der Waals surface area contributed by atoms with E-state index in [2.05, 4.69) is 28.6 Å². The zero-order valence-electron chi connectivity index (χ0n) is 12.7. The molecular formula is C15H27N3O. The van der Waals surface area contributed by atoms with E-state index in [1.165, 1.54) is 31.2 Å². The van der Waals surface area contributed by atoms with Gasteiger partial charge in [-0.25, -0.2) is 0 Å². The highest BCUT2D eigenvalue weighted by atomic mass is 16.3. The van der Waals surface area contributed by atoms with Gasteiger partial charge in [0.1, 0.15) is 11.5 Å². The van der Waals surface area contributed by atoms with Crippen LogP contribution in [0.5, 0.6) is 0 Å². The van der Waals surface area contributed by atoms with Gasteiger partial charge in [0.2, 0.25) is 0 Å². The number of hydrogen-bond donors (Lipinski definition) is 2. The van der Waals surface area contributed by atoms with Crippen LogP contribution in [0.2, 0.25) is 0 Å². The Balaban J connectivity index is 2.27. The first kappa shape index (κ1) is 15.6. The van der Waals surface area contributed by atoms with Gasteiger partial charge in [-0.1, -0.05) is 26.2 Å². The third-order valence-electron chi connectivity index (χ3n) is 3.14. The molecule has 0 saturated heterocycles. The molecule has 1 heterocycles. The molecule has 0 aliphatic heterocycles. The van der Waals surface area contributed by atoms with Crippen molar-refractivity contribution in [2.75, 3.05) is 13.6 Å². The Kier molecular flexibility index (Phi) is 7.08. The van der Waals surface area contributed by atoms with Crippen molar-refractivity contribution >= 4 is 5.96 Å². The summed E-state index contributed by atoms with van der Waals surface area (Å²) >= 11 is 0. The first-order valence-corrected chi connectivity index (χ1v) is 7.17. The van der Waals surface area contributed by atoms with Crippen molar-refractivity contribution in [3.63, 3.8) is 0 Å². The lowest BCUT2D eigenvalue weighted by Gasteiger charge is -2.11. The van der Waals surface area contributed by atoms with Gasteiger partial charge in [0.05, 0.1) is 0 Å². The van der Waals surface area contributed by atoms with Crippen LogP contribution in [0.25, 0.3) is 0 Å². The van der Waals surface area contributed by atoms with Gasteiger partial charge in [0, 0.05) is 25.7 Å². The topological polar surface area (TPSA) is 49.6 Å². The molecule has 2 N–H and O–H groups in total. The summed E-state index contributed by atoms with van der Waals surface area (Å²) in [5.74, 6) is 2.79. The molecule has 0 saturated carbocycles. The Morgan fingerprint density at radius 2 is 2.00 bits per heavy atom. The largest absolute Gasteiger partial charge is 0.466 e. The SMILES string of the molecule is CCCCCCNC(=NC)NCc1cc(C)oc1C. The Labute approximate surface area is 116 Å². The normalized spacial score (nSPS) is 11.7. The molecule has 0 atom stereocenters. The fourth-order valence-electron chi connectivity index (χ4n) is 2.02. The van der Waals surface area contributed by atoms with Gasteiger partial charge in [0.25, 0.3) is 0 Å². The quantitative estimate of drug-likeness (QED) is 0.452. The Morgan fingerprint density at radius 3 is 2.58 bits per heavy atom. The number of nitrogens with zero attached hydrogens (tertiary/aromatic N) is 1. The van der Waals surface area contributed by atoms with Crippen LogP contribution >= 0.6 is 0 Å². The van der Waals surface area contributed by atoms with E-state index in [0.717, 1.165) is 30.6 Å². The van der Waals surface area contributed by atoms with E-state index in [-0.39, 0.29) is 0 Å². The molecule has 1 rings (SSSR count). The number of hydrogen-bond acceptors (Lipinski definition) is 2. The van der Waals surface area contributed by atoms with Crippen LogP contribution in [-0.2, 0) is 6.54 Å². The maximum absolute atomic E-state index is 5.51. The molecule has 0 amide bonds. The van der Waals surface area contributed by atoms with E-state index < -0.39 is 0 Å². The number of furan rings is 1. The summed E-state index contributed by atoms with van der Waals surface area (Å²) in [6.45, 7) is 7.91. The molecule has 4 heteroatoms. The second-order valence-electron chi connectivity index (χ2n) is 4.85. The molecule has 19 heavy (non-hydrogen) atoms. The van der Waals surface area contributed by atoms with Gasteiger partial charge >= 0.3 is 0 Å². The van der Waals surface area contributed by atoms with Crippen LogP contribution in [0.15, 0.2) is 15.5 Å². The smallest absolute Gasteiger partial charge is 0.191 e. The summed E-state index contributed by atoms with van der Waals surface area (Å²) in [6, 6.07) is 2.07. The minimum atomic E-state index is 0.748. The fraction of sp³-hybridized carbons (Fsp3) is 0.667. The van der Waals surface area contributed by atoms with Crippen LogP contribution in [0.3, 0.4) is 0 Å². The minimum absolute atomic E-state index is 0.748. The number of rotatable bonds is 7. The highest BCUT2D eigenvalue weighted by Gasteiger charge is 2.05. The molecule has 0 fully saturated rings. The van der Waals surface area contributed by atoms with Crippen molar-refractivity contribution in [3.05, 3.63) is 23.2 Å². The van der Waals surface area contributed by atoms with Gasteiger partial charge in [-0.05, 0) is 26.3 Å². The molecule has 0 aromatic carbocycles. The average molecular weight is 265 g/mol. The second-order valence-corrected chi connectivity index (χ2v) is 4.85. The molecule has 4 nitrogen and oxygen atoms in total. The zero-order chi connectivity index (χ0) is 14.1. The van der Waals surface area contributed by atoms with Crippen molar-refractivity contribution in [3.8, 4) is 0 Å². The fourth-order valence-corrected chi connectivity index (χ4v) is 2.02. The molecule has 108 valence electrons. The van der Waals surface area contributed by atoms with E-state index in [1.807, 2.05) is 13.8 Å². The van der Waals surface area contributed by atoms with Crippen LogP contribution < -0.4 is 10.6 Å². The number of unbranched alkanes of at least 4 members (excludes halogenated alkanes) is 3. The summed E-state index contributed by atoms with van der Waals surface area (Å²) in [7, 11) is 1.80. The zero-order valence-corrected chi connectivity index (χ0v) is 12.7. The van der Waals surface area contributed by atoms with E-state index in [1.54, 1.807) is 7.05 Å². The summed E-state index contributed by atoms with van der Waals surface area (Å²) in [6.07, 6.45) is 5.05. The highest BCUT2D eigenvalue weighted by molar-refractivity contribution is 5.79. The third-order valence-corrected chi connectivity index (χ3v) is 3.14. The molecule has 1 aromatic rings. The monoisotopic (exact) mass is 265 g/mol. The third kappa shape index (κ3) is 5.81. The standard InChI is InChI=1S/C15H27N3O/c1-5-6-7-8-9-17-15(16-4)18-11-14-10-12(2)19-13(14)3/h10H,5-9,11H2,1-4H3,(H2,16,17,18). The number of guanidine groups is 1. The Bertz CT molecular complexity index is 396. The lowest BCUT2D eigenvalue weighted by Crippen LogP contribution is -2.37. The second kappa shape index (κ2) is 8.62. The molecule has 0 aliphatic carbocycles. The van der Waals surface area contributed by atoms with Gasteiger partial charge < -0.3 is 15.1 Å². The van der Waals surface area contributed by atoms with Gasteiger partial charge in [0.15, 0.2) is 5.96 Å². The molecule has 0 radical (unpaired) electrons. The highest BCUT2D eigenvalue weighted by Crippen LogP contribution is 2.12. The predicted octanol–water partition coefficient (Wildman–Crippen LogP) is 3.14. The molecular weight excluding hydrogens is 238 g/mol. The first-order chi connectivity index (χ1) is 9.17. The summed E-state index contributed by atoms with van der Waals surface area (Å²) < 4.78 is 5.51. The van der Waals surface area contributed by atoms with Crippen LogP contribution in [0, 0.1) is 13.8 Å². The van der Waals surface area contributed by atoms with Crippen molar-refractivity contribution in [1.29, 1.82) is 0 Å². The van der Waals surface area contributed by atoms with Gasteiger partial charge in [-0.3, -0.25) is 4.99 Å². The van der Waals surface area contributed by atoms with Crippen molar-refractivity contribution in [2.45, 2.75) is 53.0 Å². The van der Waals surface area contributed by atoms with Gasteiger partial charge in [-0.2, -0.15) is 0 Å². The Morgan fingerprint density at radius 1 is 1.21 bits per heavy atom. The predicted molar refractivity (Wildman–Crippen MR) is 80.5 cm³/mol. The molecule has 0 spiro atoms. The summed E-state index contributed by atoms with van der Waals surface area (Å²) in [4.78, 5) is 4.22. The maximum atomic E-state index is 5.51. The van der Waals surface area contributed by atoms with Crippen LogP contribution in [0.1, 0.15) is 49.7 Å². The lowest BCUT2D eigenvalue weighted by atomic mass is 10.2. The van der Waals surface area contributed by atoms with Crippen LogP contribution in [0.4, 0.5) is 0 Å². The van der Waals surface area contributed by atoms with Crippen molar-refractivity contribution in [2.24, 2.45) is 4.99 Å². The molecule has 0 bridgehead atoms. The molecule has 0 unspecified atom stereocenters. The number of aliphatic imine (C=N–C) groups is 1. The van der Waals surface area contributed by atoms with E-state index in [9.17, 15) is 0 Å². The summed E-state index contributed by atoms with van der Waals surface area (Å²) in [5, 5.41) is 6.64. The molecule has 1 aromatic heterocycles. The van der Waals surface area contributed by atoms with Crippen molar-refractivity contribution < 1.29 is 4.42 Å². The lowest BCUT2D eigenvalue weighted by molar-refractivity contribution is 0.500. The van der Waals surface area contributed by atoms with Gasteiger partial charge in [-0.15, -0.1) is 0 Å². The van der Waals surface area contributed by atoms with Crippen molar-refractivity contribution in [1.82, 2.24) is 10.6 Å². The average Bonchev–Trinajstić information content (AvgIpc) is 2.71. The van der Waals surface area contributed by atoms with E-state index in [4.69, 9.17) is 4.42 Å². The Hall–Kier alpha value is -1.45. The first-order valence-electron chi connectivity index (χ1n) is 7.17.